The molecule has 0 spiro atoms. The highest BCUT2D eigenvalue weighted by Gasteiger charge is 2.14. The average Bonchev–Trinajstić information content (AvgIpc) is 3.19. The number of benzene rings is 2. The fourth-order valence-corrected chi connectivity index (χ4v) is 3.33. The Hall–Kier alpha value is -2.93. The Kier molecular flexibility index (Phi) is 6.51. The first-order valence-electron chi connectivity index (χ1n) is 9.38. The van der Waals surface area contributed by atoms with E-state index in [4.69, 9.17) is 34.8 Å². The zero-order chi connectivity index (χ0) is 21.8. The monoisotopic (exact) mass is 471 g/mol. The van der Waals surface area contributed by atoms with Gasteiger partial charge in [-0.3, -0.25) is 4.79 Å². The van der Waals surface area contributed by atoms with E-state index in [1.54, 1.807) is 53.2 Å². The first-order chi connectivity index (χ1) is 15.0. The number of amides is 1. The summed E-state index contributed by atoms with van der Waals surface area (Å²) in [7, 11) is 0. The van der Waals surface area contributed by atoms with Gasteiger partial charge in [0.2, 0.25) is 5.91 Å². The normalized spacial score (nSPS) is 10.8. The van der Waals surface area contributed by atoms with Gasteiger partial charge in [-0.2, -0.15) is 5.10 Å². The molecule has 0 aliphatic heterocycles. The molecule has 0 aliphatic carbocycles. The molecule has 0 fully saturated rings. The molecule has 2 aromatic heterocycles. The summed E-state index contributed by atoms with van der Waals surface area (Å²) in [6, 6.07) is 19.7. The predicted octanol–water partition coefficient (Wildman–Crippen LogP) is 5.86. The zero-order valence-electron chi connectivity index (χ0n) is 16.1. The van der Waals surface area contributed by atoms with E-state index in [9.17, 15) is 4.79 Å². The molecule has 6 nitrogen and oxygen atoms in total. The fourth-order valence-electron chi connectivity index (χ4n) is 2.97. The number of nitrogens with one attached hydrogen (secondary N) is 1. The van der Waals surface area contributed by atoms with Gasteiger partial charge in [0.1, 0.15) is 0 Å². The van der Waals surface area contributed by atoms with E-state index >= 15 is 0 Å². The van der Waals surface area contributed by atoms with Crippen LogP contribution in [-0.2, 0) is 11.2 Å². The van der Waals surface area contributed by atoms with Crippen molar-refractivity contribution >= 4 is 46.4 Å². The molecule has 0 unspecified atom stereocenters. The van der Waals surface area contributed by atoms with Gasteiger partial charge < -0.3 is 5.32 Å². The molecule has 156 valence electrons. The van der Waals surface area contributed by atoms with E-state index < -0.39 is 0 Å². The summed E-state index contributed by atoms with van der Waals surface area (Å²) in [6.45, 7) is 0. The van der Waals surface area contributed by atoms with Crippen LogP contribution < -0.4 is 5.32 Å². The Bertz CT molecular complexity index is 1130. The maximum absolute atomic E-state index is 12.3. The minimum absolute atomic E-state index is 0.115. The molecule has 0 bridgehead atoms. The number of nitrogens with zero attached hydrogens (tertiary/aromatic N) is 4. The molecule has 2 aromatic carbocycles. The average molecular weight is 473 g/mol. The van der Waals surface area contributed by atoms with E-state index in [2.05, 4.69) is 20.6 Å². The van der Waals surface area contributed by atoms with Crippen molar-refractivity contribution in [3.05, 3.63) is 87.6 Å². The van der Waals surface area contributed by atoms with Crippen LogP contribution in [0.15, 0.2) is 66.7 Å². The number of carbonyl (C=O) groups is 1. The summed E-state index contributed by atoms with van der Waals surface area (Å²) in [5.74, 6) is 0.405. The summed E-state index contributed by atoms with van der Waals surface area (Å²) in [5.41, 5.74) is 3.15. The van der Waals surface area contributed by atoms with Crippen molar-refractivity contribution in [1.82, 2.24) is 20.0 Å². The fraction of sp³-hybridized carbons (Fsp3) is 0.0909. The van der Waals surface area contributed by atoms with Crippen molar-refractivity contribution in [1.29, 1.82) is 0 Å². The number of hydrogen-bond donors (Lipinski definition) is 1. The largest absolute Gasteiger partial charge is 0.326 e. The second kappa shape index (κ2) is 9.47. The first kappa shape index (κ1) is 21.3. The van der Waals surface area contributed by atoms with E-state index in [1.807, 2.05) is 18.2 Å². The molecule has 2 heterocycles. The van der Waals surface area contributed by atoms with Crippen LogP contribution in [0.5, 0.6) is 0 Å². The number of carbonyl (C=O) groups excluding carboxylic acids is 1. The molecule has 4 rings (SSSR count). The highest BCUT2D eigenvalue weighted by atomic mass is 35.5. The van der Waals surface area contributed by atoms with Crippen LogP contribution in [0.3, 0.4) is 0 Å². The molecule has 0 aliphatic rings. The first-order valence-corrected chi connectivity index (χ1v) is 10.5. The third-order valence-corrected chi connectivity index (χ3v) is 5.18. The van der Waals surface area contributed by atoms with Crippen LogP contribution >= 0.6 is 34.8 Å². The van der Waals surface area contributed by atoms with Gasteiger partial charge in [0.15, 0.2) is 11.0 Å². The van der Waals surface area contributed by atoms with E-state index in [1.165, 1.54) is 0 Å². The highest BCUT2D eigenvalue weighted by molar-refractivity contribution is 6.31. The number of aryl methyl sites for hydroxylation is 1. The molecule has 4 aromatic rings. The lowest BCUT2D eigenvalue weighted by atomic mass is 10.1. The molecule has 0 radical (unpaired) electrons. The molecule has 1 amide bonds. The topological polar surface area (TPSA) is 72.7 Å². The van der Waals surface area contributed by atoms with Gasteiger partial charge in [-0.25, -0.2) is 4.68 Å². The molecule has 0 saturated heterocycles. The van der Waals surface area contributed by atoms with Crippen molar-refractivity contribution < 1.29 is 4.79 Å². The van der Waals surface area contributed by atoms with Crippen LogP contribution in [0.4, 0.5) is 5.69 Å². The number of rotatable bonds is 6. The van der Waals surface area contributed by atoms with Gasteiger partial charge in [0, 0.05) is 34.1 Å². The highest BCUT2D eigenvalue weighted by Crippen LogP contribution is 2.25. The molecule has 1 N–H and O–H groups in total. The van der Waals surface area contributed by atoms with Crippen molar-refractivity contribution in [2.24, 2.45) is 0 Å². The maximum Gasteiger partial charge on any atom is 0.224 e. The third-order valence-electron chi connectivity index (χ3n) is 4.47. The molecular weight excluding hydrogens is 457 g/mol. The Morgan fingerprint density at radius 3 is 2.19 bits per heavy atom. The van der Waals surface area contributed by atoms with Crippen LogP contribution in [0.1, 0.15) is 12.1 Å². The Labute approximate surface area is 193 Å². The quantitative estimate of drug-likeness (QED) is 0.381. The minimum atomic E-state index is -0.115. The van der Waals surface area contributed by atoms with Gasteiger partial charge in [0.25, 0.3) is 0 Å². The Balaban J connectivity index is 1.55. The van der Waals surface area contributed by atoms with Crippen molar-refractivity contribution in [3.8, 4) is 17.1 Å². The molecule has 0 saturated carbocycles. The van der Waals surface area contributed by atoms with Gasteiger partial charge in [-0.1, -0.05) is 46.9 Å². The maximum atomic E-state index is 12.3. The van der Waals surface area contributed by atoms with Gasteiger partial charge in [-0.05, 0) is 54.6 Å². The zero-order valence-corrected chi connectivity index (χ0v) is 18.4. The van der Waals surface area contributed by atoms with Gasteiger partial charge in [-0.15, -0.1) is 10.2 Å². The summed E-state index contributed by atoms with van der Waals surface area (Å²) in [6.07, 6.45) is 0.722. The standard InChI is InChI=1S/C22H16Cl3N5O/c23-15-3-1-14(2-4-15)19-13-18(29-30(19)21-11-10-20(25)27-28-21)9-12-22(31)26-17-7-5-16(24)6-8-17/h1-8,10-11,13H,9,12H2,(H,26,31). The Morgan fingerprint density at radius 2 is 1.55 bits per heavy atom. The summed E-state index contributed by atoms with van der Waals surface area (Å²) in [4.78, 5) is 12.3. The molecule has 0 atom stereocenters. The van der Waals surface area contributed by atoms with Crippen molar-refractivity contribution in [3.63, 3.8) is 0 Å². The minimum Gasteiger partial charge on any atom is -0.326 e. The number of hydrogen-bond acceptors (Lipinski definition) is 4. The number of aromatic nitrogens is 4. The van der Waals surface area contributed by atoms with E-state index in [-0.39, 0.29) is 12.3 Å². The van der Waals surface area contributed by atoms with Crippen molar-refractivity contribution in [2.75, 3.05) is 5.32 Å². The second-order valence-electron chi connectivity index (χ2n) is 6.71. The lowest BCUT2D eigenvalue weighted by Crippen LogP contribution is -2.12. The SMILES string of the molecule is O=C(CCc1cc(-c2ccc(Cl)cc2)n(-c2ccc(Cl)nn2)n1)Nc1ccc(Cl)cc1. The number of halogens is 3. The lowest BCUT2D eigenvalue weighted by Gasteiger charge is -2.06. The van der Waals surface area contributed by atoms with Crippen LogP contribution in [-0.4, -0.2) is 25.9 Å². The van der Waals surface area contributed by atoms with Crippen LogP contribution in [0.25, 0.3) is 17.1 Å². The molecule has 31 heavy (non-hydrogen) atoms. The van der Waals surface area contributed by atoms with Crippen LogP contribution in [0.2, 0.25) is 15.2 Å². The molecular formula is C22H16Cl3N5O. The summed E-state index contributed by atoms with van der Waals surface area (Å²) < 4.78 is 1.68. The van der Waals surface area contributed by atoms with E-state index in [0.29, 0.717) is 33.1 Å². The smallest absolute Gasteiger partial charge is 0.224 e. The third kappa shape index (κ3) is 5.41. The summed E-state index contributed by atoms with van der Waals surface area (Å²) >= 11 is 17.8. The predicted molar refractivity (Wildman–Crippen MR) is 123 cm³/mol. The summed E-state index contributed by atoms with van der Waals surface area (Å²) in [5, 5.41) is 17.1. The van der Waals surface area contributed by atoms with Crippen LogP contribution in [0, 0.1) is 0 Å². The van der Waals surface area contributed by atoms with Gasteiger partial charge in [0.05, 0.1) is 11.4 Å². The lowest BCUT2D eigenvalue weighted by molar-refractivity contribution is -0.116. The second-order valence-corrected chi connectivity index (χ2v) is 7.97. The molecule has 9 heteroatoms. The van der Waals surface area contributed by atoms with E-state index in [0.717, 1.165) is 17.0 Å². The Morgan fingerprint density at radius 1 is 0.871 bits per heavy atom. The van der Waals surface area contributed by atoms with Gasteiger partial charge >= 0.3 is 0 Å². The number of anilines is 1. The van der Waals surface area contributed by atoms with Crippen molar-refractivity contribution in [2.45, 2.75) is 12.8 Å².